The third kappa shape index (κ3) is 1.98. The number of hydrogen-bond acceptors (Lipinski definition) is 4. The molecule has 0 N–H and O–H groups in total. The minimum absolute atomic E-state index is 0.281. The quantitative estimate of drug-likeness (QED) is 0.770. The summed E-state index contributed by atoms with van der Waals surface area (Å²) < 4.78 is 6.61. The van der Waals surface area contributed by atoms with Crippen LogP contribution in [0.4, 0.5) is 0 Å². The van der Waals surface area contributed by atoms with E-state index in [9.17, 15) is 4.79 Å². The molecule has 17 heavy (non-hydrogen) atoms. The highest BCUT2D eigenvalue weighted by Gasteiger charge is 2.19. The smallest absolute Gasteiger partial charge is 0.357 e. The van der Waals surface area contributed by atoms with Crippen LogP contribution in [0.25, 0.3) is 5.65 Å². The zero-order valence-electron chi connectivity index (χ0n) is 9.82. The Hall–Kier alpha value is -1.62. The molecule has 2 aromatic heterocycles. The average Bonchev–Trinajstić information content (AvgIpc) is 2.55. The standard InChI is InChI=1S/C11H12ClN3O2/c1-4-17-11(16)8-7(3)14-10-9(12)13-6(2)5-15(8)10/h5H,4H2,1-3H3. The van der Waals surface area contributed by atoms with E-state index in [0.29, 0.717) is 29.3 Å². The monoisotopic (exact) mass is 253 g/mol. The lowest BCUT2D eigenvalue weighted by atomic mass is 10.3. The first-order valence-corrected chi connectivity index (χ1v) is 5.61. The van der Waals surface area contributed by atoms with Crippen molar-refractivity contribution >= 4 is 23.2 Å². The van der Waals surface area contributed by atoms with Crippen molar-refractivity contribution < 1.29 is 9.53 Å². The van der Waals surface area contributed by atoms with Crippen molar-refractivity contribution in [1.82, 2.24) is 14.4 Å². The maximum atomic E-state index is 11.8. The summed E-state index contributed by atoms with van der Waals surface area (Å²) in [5.41, 5.74) is 2.16. The maximum absolute atomic E-state index is 11.8. The summed E-state index contributed by atoms with van der Waals surface area (Å²) in [6, 6.07) is 0. The van der Waals surface area contributed by atoms with Gasteiger partial charge in [-0.05, 0) is 20.8 Å². The molecule has 2 aromatic rings. The van der Waals surface area contributed by atoms with E-state index >= 15 is 0 Å². The Balaban J connectivity index is 2.70. The van der Waals surface area contributed by atoms with Gasteiger partial charge in [0.05, 0.1) is 18.0 Å². The molecule has 90 valence electrons. The van der Waals surface area contributed by atoms with Gasteiger partial charge in [-0.15, -0.1) is 0 Å². The lowest BCUT2D eigenvalue weighted by molar-refractivity contribution is 0.0517. The van der Waals surface area contributed by atoms with E-state index in [-0.39, 0.29) is 5.15 Å². The number of carbonyl (C=O) groups is 1. The van der Waals surface area contributed by atoms with Crippen LogP contribution in [0.1, 0.15) is 28.8 Å². The normalized spacial score (nSPS) is 10.8. The highest BCUT2D eigenvalue weighted by atomic mass is 35.5. The van der Waals surface area contributed by atoms with E-state index in [4.69, 9.17) is 16.3 Å². The largest absolute Gasteiger partial charge is 0.461 e. The second-order valence-electron chi connectivity index (χ2n) is 3.63. The van der Waals surface area contributed by atoms with Crippen molar-refractivity contribution in [3.63, 3.8) is 0 Å². The Kier molecular flexibility index (Phi) is 3.02. The van der Waals surface area contributed by atoms with Crippen LogP contribution in [0, 0.1) is 13.8 Å². The van der Waals surface area contributed by atoms with Gasteiger partial charge in [0, 0.05) is 6.20 Å². The van der Waals surface area contributed by atoms with Crippen molar-refractivity contribution in [2.45, 2.75) is 20.8 Å². The van der Waals surface area contributed by atoms with Crippen molar-refractivity contribution in [1.29, 1.82) is 0 Å². The lowest BCUT2D eigenvalue weighted by Gasteiger charge is -2.03. The van der Waals surface area contributed by atoms with Gasteiger partial charge < -0.3 is 4.74 Å². The number of ether oxygens (including phenoxy) is 1. The number of aryl methyl sites for hydroxylation is 2. The Morgan fingerprint density at radius 3 is 2.82 bits per heavy atom. The summed E-state index contributed by atoms with van der Waals surface area (Å²) in [5, 5.41) is 0.281. The Morgan fingerprint density at radius 1 is 1.47 bits per heavy atom. The number of hydrogen-bond donors (Lipinski definition) is 0. The van der Waals surface area contributed by atoms with Gasteiger partial charge in [0.1, 0.15) is 0 Å². The number of fused-ring (bicyclic) bond motifs is 1. The number of carbonyl (C=O) groups excluding carboxylic acids is 1. The van der Waals surface area contributed by atoms with E-state index in [1.807, 2.05) is 0 Å². The molecule has 0 radical (unpaired) electrons. The van der Waals surface area contributed by atoms with Gasteiger partial charge in [-0.3, -0.25) is 4.40 Å². The molecule has 0 atom stereocenters. The van der Waals surface area contributed by atoms with E-state index < -0.39 is 5.97 Å². The Morgan fingerprint density at radius 2 is 2.18 bits per heavy atom. The fraction of sp³-hybridized carbons (Fsp3) is 0.364. The molecule has 2 heterocycles. The van der Waals surface area contributed by atoms with Crippen molar-refractivity contribution in [2.24, 2.45) is 0 Å². The van der Waals surface area contributed by atoms with Crippen LogP contribution in [0.2, 0.25) is 5.15 Å². The average molecular weight is 254 g/mol. The summed E-state index contributed by atoms with van der Waals surface area (Å²) in [6.07, 6.45) is 1.72. The predicted octanol–water partition coefficient (Wildman–Crippen LogP) is 2.18. The summed E-state index contributed by atoms with van der Waals surface area (Å²) >= 11 is 5.98. The fourth-order valence-electron chi connectivity index (χ4n) is 1.68. The number of esters is 1. The van der Waals surface area contributed by atoms with E-state index in [1.54, 1.807) is 31.4 Å². The van der Waals surface area contributed by atoms with Crippen LogP contribution in [0.15, 0.2) is 6.20 Å². The molecule has 0 amide bonds. The fourth-order valence-corrected chi connectivity index (χ4v) is 1.95. The summed E-state index contributed by atoms with van der Waals surface area (Å²) in [5.74, 6) is -0.404. The molecule has 0 aliphatic heterocycles. The molecule has 0 spiro atoms. The topological polar surface area (TPSA) is 56.5 Å². The maximum Gasteiger partial charge on any atom is 0.357 e. The van der Waals surface area contributed by atoms with Gasteiger partial charge in [-0.1, -0.05) is 11.6 Å². The number of aromatic nitrogens is 3. The second kappa shape index (κ2) is 4.33. The summed E-state index contributed by atoms with van der Waals surface area (Å²) in [6.45, 7) is 5.63. The third-order valence-corrected chi connectivity index (χ3v) is 2.58. The van der Waals surface area contributed by atoms with Crippen molar-refractivity contribution in [2.75, 3.05) is 6.61 Å². The SMILES string of the molecule is CCOC(=O)c1c(C)nc2c(Cl)nc(C)cn12. The van der Waals surface area contributed by atoms with Gasteiger partial charge in [-0.25, -0.2) is 14.8 Å². The number of halogens is 1. The van der Waals surface area contributed by atoms with Crippen molar-refractivity contribution in [3.05, 3.63) is 28.4 Å². The molecular weight excluding hydrogens is 242 g/mol. The first kappa shape index (κ1) is 11.9. The molecule has 0 saturated carbocycles. The molecule has 0 bridgehead atoms. The van der Waals surface area contributed by atoms with Gasteiger partial charge in [0.2, 0.25) is 0 Å². The molecule has 0 fully saturated rings. The number of rotatable bonds is 2. The van der Waals surface area contributed by atoms with Gasteiger partial charge >= 0.3 is 5.97 Å². The Bertz CT molecular complexity index is 592. The minimum atomic E-state index is -0.404. The molecule has 6 heteroatoms. The number of nitrogens with zero attached hydrogens (tertiary/aromatic N) is 3. The molecule has 0 aromatic carbocycles. The molecule has 2 rings (SSSR count). The van der Waals surface area contributed by atoms with Gasteiger partial charge in [0.25, 0.3) is 0 Å². The first-order chi connectivity index (χ1) is 8.04. The highest BCUT2D eigenvalue weighted by molar-refractivity contribution is 6.32. The molecule has 0 saturated heterocycles. The summed E-state index contributed by atoms with van der Waals surface area (Å²) in [4.78, 5) is 20.1. The van der Waals surface area contributed by atoms with Crippen molar-refractivity contribution in [3.8, 4) is 0 Å². The van der Waals surface area contributed by atoms with E-state index in [2.05, 4.69) is 9.97 Å². The minimum Gasteiger partial charge on any atom is -0.461 e. The molecule has 0 unspecified atom stereocenters. The highest BCUT2D eigenvalue weighted by Crippen LogP contribution is 2.19. The molecule has 5 nitrogen and oxygen atoms in total. The molecule has 0 aliphatic carbocycles. The van der Waals surface area contributed by atoms with Crippen LogP contribution >= 0.6 is 11.6 Å². The lowest BCUT2D eigenvalue weighted by Crippen LogP contribution is -2.10. The number of imidazole rings is 1. The van der Waals surface area contributed by atoms with Gasteiger partial charge in [0.15, 0.2) is 16.5 Å². The second-order valence-corrected chi connectivity index (χ2v) is 3.99. The first-order valence-electron chi connectivity index (χ1n) is 5.23. The van der Waals surface area contributed by atoms with Crippen LogP contribution in [-0.2, 0) is 4.74 Å². The van der Waals surface area contributed by atoms with E-state index in [1.165, 1.54) is 0 Å². The Labute approximate surface area is 103 Å². The van der Waals surface area contributed by atoms with E-state index in [0.717, 1.165) is 0 Å². The molecule has 0 aliphatic rings. The van der Waals surface area contributed by atoms with Crippen LogP contribution < -0.4 is 0 Å². The van der Waals surface area contributed by atoms with Crippen LogP contribution in [0.5, 0.6) is 0 Å². The third-order valence-electron chi connectivity index (χ3n) is 2.33. The molecular formula is C11H12ClN3O2. The van der Waals surface area contributed by atoms with Crippen LogP contribution in [0.3, 0.4) is 0 Å². The summed E-state index contributed by atoms with van der Waals surface area (Å²) in [7, 11) is 0. The van der Waals surface area contributed by atoms with Gasteiger partial charge in [-0.2, -0.15) is 0 Å². The zero-order chi connectivity index (χ0) is 12.6. The van der Waals surface area contributed by atoms with Crippen LogP contribution in [-0.4, -0.2) is 26.9 Å². The predicted molar refractivity (Wildman–Crippen MR) is 63.4 cm³/mol. The zero-order valence-corrected chi connectivity index (χ0v) is 10.6.